The number of rotatable bonds is 2. The average Bonchev–Trinajstić information content (AvgIpc) is 2.38. The highest BCUT2D eigenvalue weighted by atomic mass is 16.2. The van der Waals surface area contributed by atoms with Crippen molar-refractivity contribution in [2.75, 3.05) is 13.1 Å². The van der Waals surface area contributed by atoms with Gasteiger partial charge >= 0.3 is 6.03 Å². The van der Waals surface area contributed by atoms with E-state index in [-0.39, 0.29) is 18.0 Å². The van der Waals surface area contributed by atoms with Gasteiger partial charge in [0.05, 0.1) is 0 Å². The van der Waals surface area contributed by atoms with Crippen LogP contribution in [0, 0.1) is 0 Å². The summed E-state index contributed by atoms with van der Waals surface area (Å²) in [7, 11) is 0. The third-order valence-corrected chi connectivity index (χ3v) is 3.87. The molecule has 1 heterocycles. The minimum atomic E-state index is -0.376. The number of nitrogens with zero attached hydrogens (tertiary/aromatic N) is 1. The van der Waals surface area contributed by atoms with Gasteiger partial charge in [0.15, 0.2) is 0 Å². The summed E-state index contributed by atoms with van der Waals surface area (Å²) >= 11 is 0. The lowest BCUT2D eigenvalue weighted by atomic mass is 9.87. The fourth-order valence-corrected chi connectivity index (χ4v) is 2.71. The quantitative estimate of drug-likeness (QED) is 0.854. The molecule has 4 nitrogen and oxygen atoms in total. The number of nitrogens with two attached hydrogens (primary N) is 2. The smallest absolute Gasteiger partial charge is 0.314 e. The predicted molar refractivity (Wildman–Crippen MR) is 77.0 cm³/mol. The zero-order valence-corrected chi connectivity index (χ0v) is 11.7. The molecule has 19 heavy (non-hydrogen) atoms. The third kappa shape index (κ3) is 3.26. The van der Waals surface area contributed by atoms with Crippen molar-refractivity contribution in [3.63, 3.8) is 0 Å². The minimum Gasteiger partial charge on any atom is -0.351 e. The summed E-state index contributed by atoms with van der Waals surface area (Å²) in [5.41, 5.74) is 14.0. The largest absolute Gasteiger partial charge is 0.351 e. The molecule has 104 valence electrons. The Hall–Kier alpha value is -1.55. The van der Waals surface area contributed by atoms with Crippen LogP contribution in [-0.2, 0) is 0 Å². The molecule has 1 aromatic rings. The van der Waals surface area contributed by atoms with E-state index in [0.29, 0.717) is 19.0 Å². The normalized spacial score (nSPS) is 23.7. The summed E-state index contributed by atoms with van der Waals surface area (Å²) in [6, 6.07) is 8.26. The SMILES string of the molecule is CC(C)c1ccc(C2CC(N)CN(C(N)=O)C2)cc1. The van der Waals surface area contributed by atoms with Gasteiger partial charge in [-0.3, -0.25) is 0 Å². The first-order chi connectivity index (χ1) is 8.97. The number of carbonyl (C=O) groups excluding carboxylic acids is 1. The number of carbonyl (C=O) groups is 1. The van der Waals surface area contributed by atoms with E-state index in [1.165, 1.54) is 11.1 Å². The van der Waals surface area contributed by atoms with Gasteiger partial charge in [-0.1, -0.05) is 38.1 Å². The Morgan fingerprint density at radius 1 is 1.26 bits per heavy atom. The Kier molecular flexibility index (Phi) is 4.10. The van der Waals surface area contributed by atoms with Gasteiger partial charge in [-0.2, -0.15) is 0 Å². The lowest BCUT2D eigenvalue weighted by molar-refractivity contribution is 0.180. The number of likely N-dealkylation sites (tertiary alicyclic amines) is 1. The van der Waals surface area contributed by atoms with Crippen molar-refractivity contribution in [3.8, 4) is 0 Å². The van der Waals surface area contributed by atoms with Crippen molar-refractivity contribution in [3.05, 3.63) is 35.4 Å². The number of hydrogen-bond donors (Lipinski definition) is 2. The molecule has 0 radical (unpaired) electrons. The summed E-state index contributed by atoms with van der Waals surface area (Å²) in [5.74, 6) is 0.822. The highest BCUT2D eigenvalue weighted by Gasteiger charge is 2.27. The maximum absolute atomic E-state index is 11.3. The molecule has 4 N–H and O–H groups in total. The van der Waals surface area contributed by atoms with E-state index in [1.54, 1.807) is 4.90 Å². The van der Waals surface area contributed by atoms with E-state index in [1.807, 2.05) is 0 Å². The fourth-order valence-electron chi connectivity index (χ4n) is 2.71. The van der Waals surface area contributed by atoms with Crippen molar-refractivity contribution in [1.82, 2.24) is 4.90 Å². The van der Waals surface area contributed by atoms with E-state index in [4.69, 9.17) is 11.5 Å². The van der Waals surface area contributed by atoms with Gasteiger partial charge in [0.1, 0.15) is 0 Å². The molecule has 0 spiro atoms. The van der Waals surface area contributed by atoms with E-state index in [0.717, 1.165) is 6.42 Å². The van der Waals surface area contributed by atoms with E-state index >= 15 is 0 Å². The minimum absolute atomic E-state index is 0.0102. The van der Waals surface area contributed by atoms with E-state index in [2.05, 4.69) is 38.1 Å². The van der Waals surface area contributed by atoms with Crippen molar-refractivity contribution >= 4 is 6.03 Å². The Bertz CT molecular complexity index is 441. The average molecular weight is 261 g/mol. The maximum Gasteiger partial charge on any atom is 0.314 e. The van der Waals surface area contributed by atoms with Gasteiger partial charge in [0.2, 0.25) is 0 Å². The van der Waals surface area contributed by atoms with Crippen molar-refractivity contribution in [2.45, 2.75) is 38.1 Å². The molecule has 1 aromatic carbocycles. The van der Waals surface area contributed by atoms with Crippen LogP contribution in [0.2, 0.25) is 0 Å². The summed E-state index contributed by atoms with van der Waals surface area (Å²) < 4.78 is 0. The second kappa shape index (κ2) is 5.61. The fraction of sp³-hybridized carbons (Fsp3) is 0.533. The van der Waals surface area contributed by atoms with Crippen molar-refractivity contribution in [1.29, 1.82) is 0 Å². The van der Waals surface area contributed by atoms with Crippen LogP contribution in [0.25, 0.3) is 0 Å². The molecule has 1 saturated heterocycles. The first-order valence-corrected chi connectivity index (χ1v) is 6.87. The number of piperidine rings is 1. The molecule has 1 fully saturated rings. The van der Waals surface area contributed by atoms with Gasteiger partial charge < -0.3 is 16.4 Å². The first kappa shape index (κ1) is 13.9. The zero-order valence-electron chi connectivity index (χ0n) is 11.7. The number of urea groups is 1. The van der Waals surface area contributed by atoms with Crippen LogP contribution in [-0.4, -0.2) is 30.1 Å². The highest BCUT2D eigenvalue weighted by Crippen LogP contribution is 2.27. The van der Waals surface area contributed by atoms with Gasteiger partial charge in [-0.05, 0) is 23.5 Å². The molecule has 4 heteroatoms. The number of benzene rings is 1. The number of amides is 2. The molecule has 2 amide bonds. The highest BCUT2D eigenvalue weighted by molar-refractivity contribution is 5.72. The van der Waals surface area contributed by atoms with Crippen LogP contribution in [0.4, 0.5) is 4.79 Å². The molecule has 2 unspecified atom stereocenters. The lowest BCUT2D eigenvalue weighted by Gasteiger charge is -2.35. The van der Waals surface area contributed by atoms with E-state index in [9.17, 15) is 4.79 Å². The maximum atomic E-state index is 11.3. The van der Waals surface area contributed by atoms with Crippen LogP contribution in [0.1, 0.15) is 43.2 Å². The van der Waals surface area contributed by atoms with Gasteiger partial charge in [0.25, 0.3) is 0 Å². The summed E-state index contributed by atoms with van der Waals surface area (Å²) in [6.07, 6.45) is 0.908. The molecule has 0 saturated carbocycles. The van der Waals surface area contributed by atoms with Crippen LogP contribution < -0.4 is 11.5 Å². The number of primary amides is 1. The van der Waals surface area contributed by atoms with Crippen molar-refractivity contribution in [2.24, 2.45) is 11.5 Å². The van der Waals surface area contributed by atoms with Crippen LogP contribution in [0.3, 0.4) is 0 Å². The molecular formula is C15H23N3O. The summed E-state index contributed by atoms with van der Waals surface area (Å²) in [6.45, 7) is 5.60. The third-order valence-electron chi connectivity index (χ3n) is 3.87. The standard InChI is InChI=1S/C15H23N3O/c1-10(2)11-3-5-12(6-4-11)13-7-14(16)9-18(8-13)15(17)19/h3-6,10,13-14H,7-9,16H2,1-2H3,(H2,17,19). The number of hydrogen-bond acceptors (Lipinski definition) is 2. The monoisotopic (exact) mass is 261 g/mol. The predicted octanol–water partition coefficient (Wildman–Crippen LogP) is 2.01. The van der Waals surface area contributed by atoms with Crippen LogP contribution in [0.5, 0.6) is 0 Å². The lowest BCUT2D eigenvalue weighted by Crippen LogP contribution is -2.50. The van der Waals surface area contributed by atoms with Crippen molar-refractivity contribution < 1.29 is 4.79 Å². The Labute approximate surface area is 114 Å². The van der Waals surface area contributed by atoms with E-state index < -0.39 is 0 Å². The second-order valence-electron chi connectivity index (χ2n) is 5.76. The molecule has 1 aliphatic rings. The van der Waals surface area contributed by atoms with Crippen LogP contribution >= 0.6 is 0 Å². The molecule has 2 rings (SSSR count). The molecular weight excluding hydrogens is 238 g/mol. The molecule has 0 aromatic heterocycles. The second-order valence-corrected chi connectivity index (χ2v) is 5.76. The first-order valence-electron chi connectivity index (χ1n) is 6.87. The zero-order chi connectivity index (χ0) is 14.0. The topological polar surface area (TPSA) is 72.3 Å². The van der Waals surface area contributed by atoms with Crippen LogP contribution in [0.15, 0.2) is 24.3 Å². The Balaban J connectivity index is 2.14. The molecule has 2 atom stereocenters. The molecule has 0 aliphatic carbocycles. The van der Waals surface area contributed by atoms with Gasteiger partial charge in [-0.25, -0.2) is 4.79 Å². The Morgan fingerprint density at radius 3 is 2.42 bits per heavy atom. The summed E-state index contributed by atoms with van der Waals surface area (Å²) in [4.78, 5) is 13.0. The molecule has 0 bridgehead atoms. The molecule has 1 aliphatic heterocycles. The van der Waals surface area contributed by atoms with Gasteiger partial charge in [0, 0.05) is 25.0 Å². The van der Waals surface area contributed by atoms with Gasteiger partial charge in [-0.15, -0.1) is 0 Å². The summed E-state index contributed by atoms with van der Waals surface area (Å²) in [5, 5.41) is 0. The Morgan fingerprint density at radius 2 is 1.89 bits per heavy atom.